The van der Waals surface area contributed by atoms with Crippen molar-refractivity contribution >= 4 is 46.0 Å². The topological polar surface area (TPSA) is 97.4 Å². The van der Waals surface area contributed by atoms with Crippen LogP contribution in [0.1, 0.15) is 49.7 Å². The molecule has 2 aliphatic carbocycles. The highest BCUT2D eigenvalue weighted by atomic mass is 35.5. The smallest absolute Gasteiger partial charge is 0.270 e. The van der Waals surface area contributed by atoms with Crippen molar-refractivity contribution in [3.05, 3.63) is 87.3 Å². The molecule has 3 aliphatic rings. The molecule has 8 rings (SSSR count). The third-order valence-electron chi connectivity index (χ3n) is 9.07. The number of amides is 1. The van der Waals surface area contributed by atoms with Gasteiger partial charge in [0.05, 0.1) is 5.02 Å². The fourth-order valence-corrected chi connectivity index (χ4v) is 7.08. The molecular weight excluding hydrogens is 557 g/mol. The van der Waals surface area contributed by atoms with Crippen molar-refractivity contribution < 1.29 is 9.18 Å². The van der Waals surface area contributed by atoms with Gasteiger partial charge in [0.1, 0.15) is 16.9 Å². The number of fused-ring (bicyclic) bond motifs is 5. The molecule has 4 heterocycles. The first-order valence-corrected chi connectivity index (χ1v) is 14.7. The van der Waals surface area contributed by atoms with Gasteiger partial charge in [0.15, 0.2) is 5.65 Å². The molecule has 0 unspecified atom stereocenters. The van der Waals surface area contributed by atoms with Gasteiger partial charge in [0.2, 0.25) is 17.6 Å². The average Bonchev–Trinajstić information content (AvgIpc) is 3.36. The van der Waals surface area contributed by atoms with Crippen molar-refractivity contribution in [1.82, 2.24) is 28.8 Å². The maximum Gasteiger partial charge on any atom is 0.270 e. The van der Waals surface area contributed by atoms with Crippen LogP contribution in [0.2, 0.25) is 5.02 Å². The number of hydrogen-bond donors (Lipinski definition) is 1. The molecule has 1 N–H and O–H groups in total. The molecule has 2 saturated carbocycles. The second-order valence-corrected chi connectivity index (χ2v) is 12.1. The second kappa shape index (κ2) is 9.35. The molecule has 0 atom stereocenters. The third kappa shape index (κ3) is 3.92. The summed E-state index contributed by atoms with van der Waals surface area (Å²) in [6, 6.07) is 10.5. The van der Waals surface area contributed by atoms with Gasteiger partial charge >= 0.3 is 0 Å². The molecule has 42 heavy (non-hydrogen) atoms. The first-order chi connectivity index (χ1) is 20.4. The minimum Gasteiger partial charge on any atom is -0.337 e. The van der Waals surface area contributed by atoms with E-state index in [9.17, 15) is 14.0 Å². The van der Waals surface area contributed by atoms with Crippen LogP contribution in [0.4, 0.5) is 16.0 Å². The lowest BCUT2D eigenvalue weighted by Gasteiger charge is -2.36. The van der Waals surface area contributed by atoms with Crippen LogP contribution in [-0.2, 0) is 16.8 Å². The lowest BCUT2D eigenvalue weighted by atomic mass is 9.86. The Labute approximate surface area is 245 Å². The van der Waals surface area contributed by atoms with Crippen molar-refractivity contribution in [2.45, 2.75) is 50.5 Å². The van der Waals surface area contributed by atoms with Crippen LogP contribution < -0.4 is 10.9 Å². The van der Waals surface area contributed by atoms with E-state index in [0.717, 1.165) is 60.9 Å². The van der Waals surface area contributed by atoms with E-state index in [1.54, 1.807) is 10.6 Å². The van der Waals surface area contributed by atoms with Gasteiger partial charge in [0, 0.05) is 48.7 Å². The minimum atomic E-state index is -0.642. The molecule has 1 amide bonds. The highest BCUT2D eigenvalue weighted by Crippen LogP contribution is 2.53. The number of nitrogens with zero attached hydrogens (tertiary/aromatic N) is 6. The van der Waals surface area contributed by atoms with Crippen LogP contribution in [-0.4, -0.2) is 41.3 Å². The summed E-state index contributed by atoms with van der Waals surface area (Å²) in [5, 5.41) is 3.56. The summed E-state index contributed by atoms with van der Waals surface area (Å²) >= 11 is 6.30. The monoisotopic (exact) mass is 583 g/mol. The molecular formula is C31H27ClFN7O2. The van der Waals surface area contributed by atoms with Gasteiger partial charge in [-0.25, -0.2) is 18.9 Å². The Morgan fingerprint density at radius 2 is 1.95 bits per heavy atom. The number of aromatic nitrogens is 5. The Bertz CT molecular complexity index is 1960. The Balaban J connectivity index is 1.15. The van der Waals surface area contributed by atoms with Crippen LogP contribution in [0.5, 0.6) is 0 Å². The SMILES string of the molecule is O=C(C1CCCC1)N1Cc2cc(Nc3ncc4c(=O)n(-c5c(F)cccc5Cl)c5nccn5c4n3)ccc2C2(CC2)C1. The number of carbonyl (C=O) groups excluding carboxylic acids is 1. The van der Waals surface area contributed by atoms with Gasteiger partial charge in [-0.15, -0.1) is 0 Å². The van der Waals surface area contributed by atoms with Crippen LogP contribution >= 0.6 is 11.6 Å². The molecule has 3 aromatic heterocycles. The predicted octanol–water partition coefficient (Wildman–Crippen LogP) is 5.53. The Kier molecular flexibility index (Phi) is 5.66. The lowest BCUT2D eigenvalue weighted by Crippen LogP contribution is -2.43. The quantitative estimate of drug-likeness (QED) is 0.299. The minimum absolute atomic E-state index is 0.0765. The number of para-hydroxylation sites is 1. The second-order valence-electron chi connectivity index (χ2n) is 11.7. The highest BCUT2D eigenvalue weighted by molar-refractivity contribution is 6.32. The van der Waals surface area contributed by atoms with Crippen molar-refractivity contribution in [3.63, 3.8) is 0 Å². The van der Waals surface area contributed by atoms with E-state index < -0.39 is 11.4 Å². The molecule has 5 aromatic rings. The molecule has 0 saturated heterocycles. The summed E-state index contributed by atoms with van der Waals surface area (Å²) in [5.74, 6) is 0.298. The molecule has 0 radical (unpaired) electrons. The number of imidazole rings is 1. The molecule has 1 spiro atoms. The Hall–Kier alpha value is -4.31. The highest BCUT2D eigenvalue weighted by Gasteiger charge is 2.50. The number of benzene rings is 2. The third-order valence-corrected chi connectivity index (χ3v) is 9.37. The summed E-state index contributed by atoms with van der Waals surface area (Å²) in [4.78, 5) is 42.4. The summed E-state index contributed by atoms with van der Waals surface area (Å²) in [6.07, 6.45) is 11.1. The summed E-state index contributed by atoms with van der Waals surface area (Å²) in [5.41, 5.74) is 3.08. The van der Waals surface area contributed by atoms with E-state index in [1.807, 2.05) is 6.07 Å². The molecule has 11 heteroatoms. The number of nitrogens with one attached hydrogen (secondary N) is 1. The normalized spacial score (nSPS) is 17.7. The number of rotatable bonds is 4. The predicted molar refractivity (Wildman–Crippen MR) is 157 cm³/mol. The van der Waals surface area contributed by atoms with E-state index in [-0.39, 0.29) is 33.2 Å². The van der Waals surface area contributed by atoms with Gasteiger partial charge in [-0.3, -0.25) is 14.0 Å². The van der Waals surface area contributed by atoms with Crippen molar-refractivity contribution in [1.29, 1.82) is 0 Å². The average molecular weight is 584 g/mol. The molecule has 9 nitrogen and oxygen atoms in total. The summed E-state index contributed by atoms with van der Waals surface area (Å²) in [6.45, 7) is 1.42. The maximum atomic E-state index is 14.8. The number of hydrogen-bond acceptors (Lipinski definition) is 6. The molecule has 0 bridgehead atoms. The van der Waals surface area contributed by atoms with Crippen LogP contribution in [0.15, 0.2) is 59.8 Å². The molecule has 1 aliphatic heterocycles. The van der Waals surface area contributed by atoms with Crippen LogP contribution in [0, 0.1) is 11.7 Å². The molecule has 2 fully saturated rings. The largest absolute Gasteiger partial charge is 0.337 e. The summed E-state index contributed by atoms with van der Waals surface area (Å²) in [7, 11) is 0. The van der Waals surface area contributed by atoms with Gasteiger partial charge in [-0.2, -0.15) is 4.98 Å². The van der Waals surface area contributed by atoms with Crippen molar-refractivity contribution in [2.75, 3.05) is 11.9 Å². The fourth-order valence-electron chi connectivity index (χ4n) is 6.84. The molecule has 212 valence electrons. The van der Waals surface area contributed by atoms with E-state index in [1.165, 1.54) is 36.2 Å². The standard InChI is InChI=1S/C31H27ClFN7O2/c32-23-6-3-7-24(33)25(23)40-28(42)21-15-35-29(37-26(21)39-13-12-34-30(39)40)36-20-8-9-22-19(14-20)16-38(17-31(22)10-11-31)27(41)18-4-1-2-5-18/h3,6-9,12-15,18H,1-2,4-5,10-11,16-17H2,(H,35,36,37). The van der Waals surface area contributed by atoms with E-state index in [4.69, 9.17) is 11.6 Å². The van der Waals surface area contributed by atoms with Crippen molar-refractivity contribution in [3.8, 4) is 5.69 Å². The van der Waals surface area contributed by atoms with Crippen LogP contribution in [0.3, 0.4) is 0 Å². The van der Waals surface area contributed by atoms with E-state index in [0.29, 0.717) is 24.0 Å². The van der Waals surface area contributed by atoms with E-state index in [2.05, 4.69) is 37.3 Å². The number of halogens is 2. The van der Waals surface area contributed by atoms with Gasteiger partial charge in [-0.05, 0) is 61.1 Å². The summed E-state index contributed by atoms with van der Waals surface area (Å²) < 4.78 is 17.6. The van der Waals surface area contributed by atoms with Crippen molar-refractivity contribution in [2.24, 2.45) is 5.92 Å². The van der Waals surface area contributed by atoms with Gasteiger partial charge < -0.3 is 10.2 Å². The Morgan fingerprint density at radius 3 is 2.74 bits per heavy atom. The maximum absolute atomic E-state index is 14.8. The number of anilines is 2. The zero-order valence-corrected chi connectivity index (χ0v) is 23.4. The van der Waals surface area contributed by atoms with Crippen LogP contribution in [0.25, 0.3) is 22.5 Å². The number of carbonyl (C=O) groups is 1. The fraction of sp³-hybridized carbons (Fsp3) is 0.323. The zero-order chi connectivity index (χ0) is 28.6. The van der Waals surface area contributed by atoms with E-state index >= 15 is 0 Å². The van der Waals surface area contributed by atoms with Gasteiger partial charge in [0.25, 0.3) is 5.56 Å². The Morgan fingerprint density at radius 1 is 1.12 bits per heavy atom. The molecule has 2 aromatic carbocycles. The first kappa shape index (κ1) is 25.4. The van der Waals surface area contributed by atoms with Gasteiger partial charge in [-0.1, -0.05) is 36.6 Å². The zero-order valence-electron chi connectivity index (χ0n) is 22.7. The first-order valence-electron chi connectivity index (χ1n) is 14.3. The lowest BCUT2D eigenvalue weighted by molar-refractivity contribution is -0.136.